The van der Waals surface area contributed by atoms with Crippen LogP contribution in [-0.4, -0.2) is 80.2 Å². The number of carbonyl (C=O) groups is 1. The van der Waals surface area contributed by atoms with Gasteiger partial charge in [0.25, 0.3) is 0 Å². The van der Waals surface area contributed by atoms with Crippen molar-refractivity contribution >= 4 is 37.5 Å². The summed E-state index contributed by atoms with van der Waals surface area (Å²) in [6, 6.07) is 12.4. The van der Waals surface area contributed by atoms with Crippen molar-refractivity contribution in [2.24, 2.45) is 5.92 Å². The van der Waals surface area contributed by atoms with E-state index in [1.165, 1.54) is 17.5 Å². The normalized spacial score (nSPS) is 19.1. The highest BCUT2D eigenvalue weighted by Crippen LogP contribution is 2.31. The van der Waals surface area contributed by atoms with Crippen molar-refractivity contribution in [1.29, 1.82) is 0 Å². The Morgan fingerprint density at radius 1 is 1.18 bits per heavy atom. The zero-order valence-electron chi connectivity index (χ0n) is 21.5. The number of ether oxygens (including phenoxy) is 2. The van der Waals surface area contributed by atoms with Crippen molar-refractivity contribution in [3.05, 3.63) is 52.8 Å². The Bertz CT molecular complexity index is 1430. The van der Waals surface area contributed by atoms with E-state index in [2.05, 4.69) is 36.3 Å². The van der Waals surface area contributed by atoms with E-state index in [1.54, 1.807) is 12.1 Å². The summed E-state index contributed by atoms with van der Waals surface area (Å²) in [5.74, 6) is 0.789. The van der Waals surface area contributed by atoms with Crippen LogP contribution >= 0.6 is 15.9 Å². The van der Waals surface area contributed by atoms with Gasteiger partial charge in [-0.2, -0.15) is 9.29 Å². The molecule has 1 atom stereocenters. The maximum Gasteiger partial charge on any atom is 0.246 e. The molecule has 0 saturated carbocycles. The van der Waals surface area contributed by atoms with E-state index in [0.717, 1.165) is 29.4 Å². The molecule has 0 spiro atoms. The number of hydrogen-bond acceptors (Lipinski definition) is 9. The van der Waals surface area contributed by atoms with E-state index in [0.29, 0.717) is 43.7 Å². The van der Waals surface area contributed by atoms with Gasteiger partial charge in [-0.15, -0.1) is 0 Å². The molecule has 0 radical (unpaired) electrons. The predicted molar refractivity (Wildman–Crippen MR) is 147 cm³/mol. The van der Waals surface area contributed by atoms with E-state index in [9.17, 15) is 13.2 Å². The number of hydrogen-bond donors (Lipinski definition) is 1. The second kappa shape index (κ2) is 12.1. The van der Waals surface area contributed by atoms with Crippen LogP contribution in [0.2, 0.25) is 0 Å². The summed E-state index contributed by atoms with van der Waals surface area (Å²) in [5, 5.41) is 7.01. The van der Waals surface area contributed by atoms with Gasteiger partial charge in [0.05, 0.1) is 32.8 Å². The SMILES string of the molecule is COc1ccc(NC(=O)C2CCCN(Cc3nc(-c4cccc(Br)c4)no3)C2)cc1S(=O)(=O)N1CCOCC1. The molecule has 0 aliphatic carbocycles. The van der Waals surface area contributed by atoms with Gasteiger partial charge < -0.3 is 19.3 Å². The van der Waals surface area contributed by atoms with Gasteiger partial charge in [-0.1, -0.05) is 33.2 Å². The number of likely N-dealkylation sites (tertiary alicyclic amines) is 1. The second-order valence-electron chi connectivity index (χ2n) is 9.47. The molecule has 11 nitrogen and oxygen atoms in total. The Morgan fingerprint density at radius 3 is 2.77 bits per heavy atom. The molecule has 3 heterocycles. The van der Waals surface area contributed by atoms with E-state index < -0.39 is 10.0 Å². The average Bonchev–Trinajstić information content (AvgIpc) is 3.42. The molecular weight excluding hydrogens is 590 g/mol. The van der Waals surface area contributed by atoms with Crippen LogP contribution in [-0.2, 0) is 26.1 Å². The molecule has 208 valence electrons. The summed E-state index contributed by atoms with van der Waals surface area (Å²) in [6.45, 7) is 2.98. The van der Waals surface area contributed by atoms with Gasteiger partial charge in [0.15, 0.2) is 0 Å². The first-order chi connectivity index (χ1) is 18.8. The Kier molecular flexibility index (Phi) is 8.62. The zero-order valence-corrected chi connectivity index (χ0v) is 23.9. The lowest BCUT2D eigenvalue weighted by Crippen LogP contribution is -2.41. The minimum Gasteiger partial charge on any atom is -0.495 e. The van der Waals surface area contributed by atoms with Gasteiger partial charge in [0, 0.05) is 35.4 Å². The predicted octanol–water partition coefficient (Wildman–Crippen LogP) is 3.38. The summed E-state index contributed by atoms with van der Waals surface area (Å²) in [5.41, 5.74) is 1.25. The third-order valence-corrected chi connectivity index (χ3v) is 9.22. The van der Waals surface area contributed by atoms with Crippen LogP contribution in [0.15, 0.2) is 56.4 Å². The van der Waals surface area contributed by atoms with Gasteiger partial charge in [-0.25, -0.2) is 8.42 Å². The number of aromatic nitrogens is 2. The summed E-state index contributed by atoms with van der Waals surface area (Å²) in [7, 11) is -2.38. The topological polar surface area (TPSA) is 127 Å². The van der Waals surface area contributed by atoms with Gasteiger partial charge in [0.2, 0.25) is 27.6 Å². The van der Waals surface area contributed by atoms with Crippen LogP contribution in [0.3, 0.4) is 0 Å². The van der Waals surface area contributed by atoms with E-state index >= 15 is 0 Å². The molecule has 0 bridgehead atoms. The molecule has 39 heavy (non-hydrogen) atoms. The standard InChI is InChI=1S/C26H30BrN5O6S/c1-36-22-8-7-21(15-23(22)39(34,35)32-10-12-37-13-11-32)28-26(33)19-5-3-9-31(16-19)17-24-29-25(30-38-24)18-4-2-6-20(27)14-18/h2,4,6-8,14-15,19H,3,5,9-13,16-17H2,1H3,(H,28,33). The van der Waals surface area contributed by atoms with Crippen molar-refractivity contribution in [3.63, 3.8) is 0 Å². The Hall–Kier alpha value is -2.84. The fourth-order valence-electron chi connectivity index (χ4n) is 4.79. The van der Waals surface area contributed by atoms with Crippen LogP contribution in [0, 0.1) is 5.92 Å². The number of sulfonamides is 1. The van der Waals surface area contributed by atoms with E-state index in [-0.39, 0.29) is 35.6 Å². The molecule has 13 heteroatoms. The van der Waals surface area contributed by atoms with Crippen molar-refractivity contribution in [1.82, 2.24) is 19.3 Å². The molecule has 2 aliphatic rings. The van der Waals surface area contributed by atoms with Crippen molar-refractivity contribution in [2.45, 2.75) is 24.3 Å². The molecule has 2 aliphatic heterocycles. The molecule has 2 aromatic carbocycles. The number of methoxy groups -OCH3 is 1. The molecule has 1 N–H and O–H groups in total. The number of carbonyl (C=O) groups excluding carboxylic acids is 1. The minimum atomic E-state index is -3.81. The monoisotopic (exact) mass is 619 g/mol. The molecule has 1 amide bonds. The second-order valence-corrected chi connectivity index (χ2v) is 12.3. The number of piperidine rings is 1. The molecule has 2 saturated heterocycles. The lowest BCUT2D eigenvalue weighted by molar-refractivity contribution is -0.121. The quantitative estimate of drug-likeness (QED) is 0.403. The highest BCUT2D eigenvalue weighted by Gasteiger charge is 2.31. The number of halogens is 1. The van der Waals surface area contributed by atoms with E-state index in [1.807, 2.05) is 24.3 Å². The van der Waals surface area contributed by atoms with Crippen LogP contribution < -0.4 is 10.1 Å². The summed E-state index contributed by atoms with van der Waals surface area (Å²) in [4.78, 5) is 19.9. The first-order valence-corrected chi connectivity index (χ1v) is 14.9. The van der Waals surface area contributed by atoms with Crippen LogP contribution in [0.4, 0.5) is 5.69 Å². The Labute approximate surface area is 235 Å². The van der Waals surface area contributed by atoms with Crippen molar-refractivity contribution in [2.75, 3.05) is 51.8 Å². The van der Waals surface area contributed by atoms with Crippen LogP contribution in [0.25, 0.3) is 11.4 Å². The zero-order chi connectivity index (χ0) is 27.4. The lowest BCUT2D eigenvalue weighted by Gasteiger charge is -2.31. The summed E-state index contributed by atoms with van der Waals surface area (Å²) < 4.78 is 45.0. The number of nitrogens with zero attached hydrogens (tertiary/aromatic N) is 4. The Morgan fingerprint density at radius 2 is 2.00 bits per heavy atom. The highest BCUT2D eigenvalue weighted by molar-refractivity contribution is 9.10. The number of nitrogens with one attached hydrogen (secondary N) is 1. The first kappa shape index (κ1) is 27.7. The highest BCUT2D eigenvalue weighted by atomic mass is 79.9. The number of anilines is 1. The first-order valence-electron chi connectivity index (χ1n) is 12.7. The fourth-order valence-corrected chi connectivity index (χ4v) is 6.78. The molecule has 3 aromatic rings. The van der Waals surface area contributed by atoms with Crippen LogP contribution in [0.1, 0.15) is 18.7 Å². The van der Waals surface area contributed by atoms with E-state index in [4.69, 9.17) is 14.0 Å². The van der Waals surface area contributed by atoms with Gasteiger partial charge in [0.1, 0.15) is 10.6 Å². The molecule has 1 aromatic heterocycles. The largest absolute Gasteiger partial charge is 0.495 e. The molecule has 1 unspecified atom stereocenters. The van der Waals surface area contributed by atoms with Gasteiger partial charge in [-0.05, 0) is 49.7 Å². The number of benzene rings is 2. The molecular formula is C26H30BrN5O6S. The maximum atomic E-state index is 13.3. The fraction of sp³-hybridized carbons (Fsp3) is 0.423. The van der Waals surface area contributed by atoms with Crippen LogP contribution in [0.5, 0.6) is 5.75 Å². The third-order valence-electron chi connectivity index (χ3n) is 6.81. The minimum absolute atomic E-state index is 0.0209. The number of morpholine rings is 1. The summed E-state index contributed by atoms with van der Waals surface area (Å²) >= 11 is 3.45. The van der Waals surface area contributed by atoms with Crippen molar-refractivity contribution in [3.8, 4) is 17.1 Å². The third kappa shape index (κ3) is 6.49. The van der Waals surface area contributed by atoms with Gasteiger partial charge in [-0.3, -0.25) is 9.69 Å². The molecule has 2 fully saturated rings. The van der Waals surface area contributed by atoms with Crippen molar-refractivity contribution < 1.29 is 27.2 Å². The van der Waals surface area contributed by atoms with Gasteiger partial charge >= 0.3 is 0 Å². The lowest BCUT2D eigenvalue weighted by atomic mass is 9.97. The summed E-state index contributed by atoms with van der Waals surface area (Å²) in [6.07, 6.45) is 1.56. The number of rotatable bonds is 8. The smallest absolute Gasteiger partial charge is 0.246 e. The maximum absolute atomic E-state index is 13.3. The average molecular weight is 621 g/mol. The number of amides is 1. The molecule has 5 rings (SSSR count). The Balaban J connectivity index is 1.24.